The van der Waals surface area contributed by atoms with Gasteiger partial charge in [0.25, 0.3) is 0 Å². The Hall–Kier alpha value is -2.54. The third kappa shape index (κ3) is 3.48. The molecule has 2 rings (SSSR count). The fourth-order valence-electron chi connectivity index (χ4n) is 1.64. The Balaban J connectivity index is 2.12. The van der Waals surface area contributed by atoms with Crippen LogP contribution in [0.1, 0.15) is 19.4 Å². The van der Waals surface area contributed by atoms with Crippen LogP contribution in [0, 0.1) is 17.1 Å². The van der Waals surface area contributed by atoms with E-state index < -0.39 is 5.82 Å². The Bertz CT molecular complexity index is 630. The van der Waals surface area contributed by atoms with Gasteiger partial charge in [0, 0.05) is 0 Å². The van der Waals surface area contributed by atoms with Crippen molar-refractivity contribution in [2.75, 3.05) is 0 Å². The van der Waals surface area contributed by atoms with E-state index in [-0.39, 0.29) is 17.4 Å². The fourth-order valence-corrected chi connectivity index (χ4v) is 1.64. The van der Waals surface area contributed by atoms with Crippen molar-refractivity contribution in [2.45, 2.75) is 20.0 Å². The molecule has 20 heavy (non-hydrogen) atoms. The Kier molecular flexibility index (Phi) is 4.21. The molecule has 2 aromatic rings. The van der Waals surface area contributed by atoms with Gasteiger partial charge in [-0.3, -0.25) is 0 Å². The standard InChI is InChI=1S/C16H14FNO2/c1-11(2)19-13-4-6-14(7-5-13)20-16-8-3-12(10-18)9-15(16)17/h3-9,11H,1-2H3. The van der Waals surface area contributed by atoms with Crippen LogP contribution < -0.4 is 9.47 Å². The zero-order chi connectivity index (χ0) is 14.5. The number of hydrogen-bond acceptors (Lipinski definition) is 3. The van der Waals surface area contributed by atoms with Crippen LogP contribution in [0.2, 0.25) is 0 Å². The van der Waals surface area contributed by atoms with E-state index >= 15 is 0 Å². The molecule has 4 heteroatoms. The monoisotopic (exact) mass is 271 g/mol. The van der Waals surface area contributed by atoms with Crippen molar-refractivity contribution in [1.29, 1.82) is 5.26 Å². The van der Waals surface area contributed by atoms with Crippen LogP contribution in [0.4, 0.5) is 4.39 Å². The quantitative estimate of drug-likeness (QED) is 0.833. The average molecular weight is 271 g/mol. The van der Waals surface area contributed by atoms with Crippen LogP contribution in [-0.4, -0.2) is 6.10 Å². The molecule has 0 spiro atoms. The number of nitriles is 1. The third-order valence-corrected chi connectivity index (χ3v) is 2.48. The van der Waals surface area contributed by atoms with Crippen LogP contribution in [-0.2, 0) is 0 Å². The summed E-state index contributed by atoms with van der Waals surface area (Å²) in [5.74, 6) is 0.755. The molecule has 0 unspecified atom stereocenters. The Morgan fingerprint density at radius 3 is 2.25 bits per heavy atom. The maximum atomic E-state index is 13.7. The zero-order valence-electron chi connectivity index (χ0n) is 11.3. The minimum Gasteiger partial charge on any atom is -0.491 e. The number of nitrogens with zero attached hydrogens (tertiary/aromatic N) is 1. The summed E-state index contributed by atoms with van der Waals surface area (Å²) in [5.41, 5.74) is 0.260. The molecule has 3 nitrogen and oxygen atoms in total. The van der Waals surface area contributed by atoms with Crippen LogP contribution in [0.5, 0.6) is 17.2 Å². The van der Waals surface area contributed by atoms with E-state index in [2.05, 4.69) is 0 Å². The summed E-state index contributed by atoms with van der Waals surface area (Å²) in [6.07, 6.45) is 0.0951. The van der Waals surface area contributed by atoms with Crippen molar-refractivity contribution < 1.29 is 13.9 Å². The lowest BCUT2D eigenvalue weighted by molar-refractivity contribution is 0.242. The second kappa shape index (κ2) is 6.07. The van der Waals surface area contributed by atoms with Gasteiger partial charge in [0.05, 0.1) is 17.7 Å². The van der Waals surface area contributed by atoms with Crippen molar-refractivity contribution in [2.24, 2.45) is 0 Å². The van der Waals surface area contributed by atoms with Crippen LogP contribution >= 0.6 is 0 Å². The molecule has 0 atom stereocenters. The van der Waals surface area contributed by atoms with Crippen LogP contribution in [0.3, 0.4) is 0 Å². The van der Waals surface area contributed by atoms with Crippen molar-refractivity contribution >= 4 is 0 Å². The molecule has 2 aromatic carbocycles. The van der Waals surface area contributed by atoms with Crippen LogP contribution in [0.25, 0.3) is 0 Å². The van der Waals surface area contributed by atoms with Gasteiger partial charge in [-0.25, -0.2) is 4.39 Å². The molecule has 0 aliphatic carbocycles. The highest BCUT2D eigenvalue weighted by atomic mass is 19.1. The fraction of sp³-hybridized carbons (Fsp3) is 0.188. The van der Waals surface area contributed by atoms with E-state index in [0.717, 1.165) is 11.8 Å². The molecule has 0 radical (unpaired) electrons. The SMILES string of the molecule is CC(C)Oc1ccc(Oc2ccc(C#N)cc2F)cc1. The summed E-state index contributed by atoms with van der Waals surface area (Å²) < 4.78 is 24.6. The number of hydrogen-bond donors (Lipinski definition) is 0. The number of halogens is 1. The molecule has 0 amide bonds. The first-order valence-electron chi connectivity index (χ1n) is 6.22. The molecule has 0 aliphatic rings. The molecular weight excluding hydrogens is 257 g/mol. The smallest absolute Gasteiger partial charge is 0.167 e. The largest absolute Gasteiger partial charge is 0.491 e. The topological polar surface area (TPSA) is 42.2 Å². The van der Waals surface area contributed by atoms with Gasteiger partial charge in [-0.05, 0) is 56.3 Å². The Morgan fingerprint density at radius 1 is 1.05 bits per heavy atom. The van der Waals surface area contributed by atoms with Gasteiger partial charge in [0.2, 0.25) is 0 Å². The summed E-state index contributed by atoms with van der Waals surface area (Å²) in [7, 11) is 0. The molecule has 0 fully saturated rings. The van der Waals surface area contributed by atoms with E-state index in [9.17, 15) is 4.39 Å². The van der Waals surface area contributed by atoms with Gasteiger partial charge in [-0.15, -0.1) is 0 Å². The van der Waals surface area contributed by atoms with Gasteiger partial charge in [0.1, 0.15) is 11.5 Å². The van der Waals surface area contributed by atoms with E-state index in [1.807, 2.05) is 19.9 Å². The highest BCUT2D eigenvalue weighted by molar-refractivity contribution is 5.39. The third-order valence-electron chi connectivity index (χ3n) is 2.48. The lowest BCUT2D eigenvalue weighted by Gasteiger charge is -2.11. The molecule has 0 saturated carbocycles. The minimum atomic E-state index is -0.563. The number of benzene rings is 2. The Labute approximate surface area is 117 Å². The maximum Gasteiger partial charge on any atom is 0.167 e. The summed E-state index contributed by atoms with van der Waals surface area (Å²) in [5, 5.41) is 8.67. The molecule has 0 heterocycles. The highest BCUT2D eigenvalue weighted by Crippen LogP contribution is 2.26. The average Bonchev–Trinajstić information content (AvgIpc) is 2.42. The second-order valence-electron chi connectivity index (χ2n) is 4.50. The predicted molar refractivity (Wildman–Crippen MR) is 73.4 cm³/mol. The van der Waals surface area contributed by atoms with E-state index in [4.69, 9.17) is 14.7 Å². The van der Waals surface area contributed by atoms with Gasteiger partial charge in [0.15, 0.2) is 11.6 Å². The van der Waals surface area contributed by atoms with Gasteiger partial charge in [-0.1, -0.05) is 0 Å². The van der Waals surface area contributed by atoms with E-state index in [1.165, 1.54) is 12.1 Å². The number of ether oxygens (including phenoxy) is 2. The van der Waals surface area contributed by atoms with Crippen molar-refractivity contribution in [3.63, 3.8) is 0 Å². The first-order chi connectivity index (χ1) is 9.58. The Morgan fingerprint density at radius 2 is 1.70 bits per heavy atom. The van der Waals surface area contributed by atoms with Crippen molar-refractivity contribution in [3.8, 4) is 23.3 Å². The van der Waals surface area contributed by atoms with E-state index in [1.54, 1.807) is 24.3 Å². The lowest BCUT2D eigenvalue weighted by Crippen LogP contribution is -2.05. The zero-order valence-corrected chi connectivity index (χ0v) is 11.3. The molecule has 102 valence electrons. The van der Waals surface area contributed by atoms with Gasteiger partial charge in [-0.2, -0.15) is 5.26 Å². The second-order valence-corrected chi connectivity index (χ2v) is 4.50. The number of rotatable bonds is 4. The first kappa shape index (κ1) is 13.9. The van der Waals surface area contributed by atoms with Gasteiger partial charge >= 0.3 is 0 Å². The van der Waals surface area contributed by atoms with Crippen molar-refractivity contribution in [3.05, 3.63) is 53.8 Å². The summed E-state index contributed by atoms with van der Waals surface area (Å²) in [6, 6.07) is 12.9. The highest BCUT2D eigenvalue weighted by Gasteiger charge is 2.06. The molecule has 0 aromatic heterocycles. The maximum absolute atomic E-state index is 13.7. The summed E-state index contributed by atoms with van der Waals surface area (Å²) in [4.78, 5) is 0. The van der Waals surface area contributed by atoms with Crippen LogP contribution in [0.15, 0.2) is 42.5 Å². The molecular formula is C16H14FNO2. The molecule has 0 aliphatic heterocycles. The summed E-state index contributed by atoms with van der Waals surface area (Å²) >= 11 is 0. The van der Waals surface area contributed by atoms with Gasteiger partial charge < -0.3 is 9.47 Å². The molecule has 0 bridgehead atoms. The lowest BCUT2D eigenvalue weighted by atomic mass is 10.2. The van der Waals surface area contributed by atoms with Crippen molar-refractivity contribution in [1.82, 2.24) is 0 Å². The predicted octanol–water partition coefficient (Wildman–Crippen LogP) is 4.28. The normalized spacial score (nSPS) is 10.2. The van der Waals surface area contributed by atoms with E-state index in [0.29, 0.717) is 5.75 Å². The molecule has 0 saturated heterocycles. The summed E-state index contributed by atoms with van der Waals surface area (Å²) in [6.45, 7) is 3.88. The molecule has 0 N–H and O–H groups in total. The minimum absolute atomic E-state index is 0.0847. The first-order valence-corrected chi connectivity index (χ1v) is 6.22.